The summed E-state index contributed by atoms with van der Waals surface area (Å²) >= 11 is 0. The van der Waals surface area contributed by atoms with E-state index in [2.05, 4.69) is 4.74 Å². The molecule has 0 amide bonds. The summed E-state index contributed by atoms with van der Waals surface area (Å²) in [5.41, 5.74) is -1.17. The number of esters is 1. The van der Waals surface area contributed by atoms with Crippen molar-refractivity contribution >= 4 is 11.9 Å². The van der Waals surface area contributed by atoms with Gasteiger partial charge in [-0.2, -0.15) is 0 Å². The lowest BCUT2D eigenvalue weighted by Crippen LogP contribution is -2.39. The third kappa shape index (κ3) is 2.68. The van der Waals surface area contributed by atoms with Crippen LogP contribution in [0.5, 0.6) is 0 Å². The van der Waals surface area contributed by atoms with Gasteiger partial charge in [-0.15, -0.1) is 0 Å². The first-order chi connectivity index (χ1) is 5.91. The molecule has 74 valence electrons. The van der Waals surface area contributed by atoms with E-state index in [-0.39, 0.29) is 12.5 Å². The Balaban J connectivity index is 2.16. The van der Waals surface area contributed by atoms with Crippen molar-refractivity contribution in [3.63, 3.8) is 0 Å². The highest BCUT2D eigenvalue weighted by atomic mass is 19.1. The van der Waals surface area contributed by atoms with Gasteiger partial charge in [0.1, 0.15) is 5.67 Å². The molecule has 4 nitrogen and oxygen atoms in total. The Kier molecular flexibility index (Phi) is 2.54. The normalized spacial score (nSPS) is 32.0. The van der Waals surface area contributed by atoms with Crippen LogP contribution >= 0.6 is 0 Å². The van der Waals surface area contributed by atoms with E-state index in [4.69, 9.17) is 5.11 Å². The Morgan fingerprint density at radius 2 is 2.15 bits per heavy atom. The largest absolute Gasteiger partial charge is 0.473 e. The number of aliphatic carboxylic acids is 1. The molecule has 0 aromatic carbocycles. The van der Waals surface area contributed by atoms with Crippen LogP contribution in [-0.2, 0) is 14.3 Å². The Labute approximate surface area is 74.7 Å². The average Bonchev–Trinajstić information content (AvgIpc) is 1.95. The second-order valence-electron chi connectivity index (χ2n) is 3.59. The van der Waals surface area contributed by atoms with Crippen molar-refractivity contribution in [2.24, 2.45) is 5.92 Å². The molecule has 1 aliphatic carbocycles. The van der Waals surface area contributed by atoms with Gasteiger partial charge in [0.15, 0.2) is 0 Å². The van der Waals surface area contributed by atoms with Gasteiger partial charge in [-0.3, -0.25) is 0 Å². The fourth-order valence-electron chi connectivity index (χ4n) is 1.52. The molecule has 0 atom stereocenters. The lowest BCUT2D eigenvalue weighted by Gasteiger charge is -2.37. The smallest absolute Gasteiger partial charge is 0.417 e. The molecule has 0 aromatic rings. The van der Waals surface area contributed by atoms with Crippen molar-refractivity contribution in [2.45, 2.75) is 25.4 Å². The molecule has 0 aliphatic heterocycles. The molecule has 0 radical (unpaired) electrons. The van der Waals surface area contributed by atoms with Crippen molar-refractivity contribution in [3.05, 3.63) is 0 Å². The number of rotatable bonds is 2. The third-order valence-corrected chi connectivity index (χ3v) is 2.05. The molecule has 1 aliphatic rings. The fraction of sp³-hybridized carbons (Fsp3) is 0.750. The van der Waals surface area contributed by atoms with Gasteiger partial charge in [0.05, 0.1) is 6.61 Å². The van der Waals surface area contributed by atoms with Gasteiger partial charge in [-0.05, 0) is 25.7 Å². The number of halogens is 1. The highest BCUT2D eigenvalue weighted by Crippen LogP contribution is 2.40. The molecule has 0 heterocycles. The first kappa shape index (κ1) is 9.95. The Bertz CT molecular complexity index is 228. The maximum Gasteiger partial charge on any atom is 0.417 e. The van der Waals surface area contributed by atoms with Gasteiger partial charge in [-0.1, -0.05) is 0 Å². The number of carbonyl (C=O) groups excluding carboxylic acids is 1. The van der Waals surface area contributed by atoms with Gasteiger partial charge >= 0.3 is 11.9 Å². The van der Waals surface area contributed by atoms with Crippen LogP contribution in [0.3, 0.4) is 0 Å². The van der Waals surface area contributed by atoms with Crippen LogP contribution in [0, 0.1) is 5.92 Å². The molecule has 0 unspecified atom stereocenters. The van der Waals surface area contributed by atoms with Crippen LogP contribution < -0.4 is 0 Å². The minimum atomic E-state index is -1.61. The van der Waals surface area contributed by atoms with Gasteiger partial charge in [0.25, 0.3) is 0 Å². The lowest BCUT2D eigenvalue weighted by molar-refractivity contribution is -0.166. The quantitative estimate of drug-likeness (QED) is 0.515. The molecule has 1 fully saturated rings. The van der Waals surface area contributed by atoms with Crippen molar-refractivity contribution in [3.8, 4) is 0 Å². The highest BCUT2D eigenvalue weighted by molar-refractivity contribution is 6.28. The number of hydrogen-bond acceptors (Lipinski definition) is 3. The number of carbonyl (C=O) groups is 2. The summed E-state index contributed by atoms with van der Waals surface area (Å²) in [5.74, 6) is -2.91. The van der Waals surface area contributed by atoms with E-state index >= 15 is 0 Å². The van der Waals surface area contributed by atoms with E-state index in [1.54, 1.807) is 0 Å². The second-order valence-corrected chi connectivity index (χ2v) is 3.59. The molecule has 1 rings (SSSR count). The predicted octanol–water partition coefficient (Wildman–Crippen LogP) is 0.752. The van der Waals surface area contributed by atoms with Crippen molar-refractivity contribution in [1.29, 1.82) is 0 Å². The lowest BCUT2D eigenvalue weighted by atomic mass is 9.74. The van der Waals surface area contributed by atoms with Crippen molar-refractivity contribution in [1.82, 2.24) is 0 Å². The van der Waals surface area contributed by atoms with Gasteiger partial charge < -0.3 is 9.84 Å². The van der Waals surface area contributed by atoms with Crippen molar-refractivity contribution < 1.29 is 23.8 Å². The molecule has 5 heteroatoms. The van der Waals surface area contributed by atoms with E-state index in [1.807, 2.05) is 0 Å². The maximum absolute atomic E-state index is 12.9. The van der Waals surface area contributed by atoms with Crippen LogP contribution in [0.15, 0.2) is 0 Å². The standard InChI is InChI=1S/C8H11FO4/c1-8(9)2-5(3-8)4-13-7(12)6(10)11/h5H,2-4H2,1H3,(H,10,11). The molecule has 1 saturated carbocycles. The summed E-state index contributed by atoms with van der Waals surface area (Å²) in [5, 5.41) is 8.14. The zero-order valence-corrected chi connectivity index (χ0v) is 7.25. The molecular formula is C8H11FO4. The number of hydrogen-bond donors (Lipinski definition) is 1. The Morgan fingerprint density at radius 3 is 2.54 bits per heavy atom. The number of carboxylic acid groups (broad SMARTS) is 1. The SMILES string of the molecule is CC1(F)CC(COC(=O)C(=O)O)C1. The van der Waals surface area contributed by atoms with Gasteiger partial charge in [0, 0.05) is 0 Å². The molecule has 0 aromatic heterocycles. The van der Waals surface area contributed by atoms with E-state index in [0.717, 1.165) is 0 Å². The van der Waals surface area contributed by atoms with E-state index < -0.39 is 17.6 Å². The summed E-state index contributed by atoms with van der Waals surface area (Å²) in [6.07, 6.45) is 0.666. The van der Waals surface area contributed by atoms with Crippen LogP contribution in [0.25, 0.3) is 0 Å². The molecule has 1 N–H and O–H groups in total. The summed E-state index contributed by atoms with van der Waals surface area (Å²) in [6, 6.07) is 0. The highest BCUT2D eigenvalue weighted by Gasteiger charge is 2.41. The minimum Gasteiger partial charge on any atom is -0.473 e. The topological polar surface area (TPSA) is 63.6 Å². The summed E-state index contributed by atoms with van der Waals surface area (Å²) in [4.78, 5) is 20.4. The molecule has 0 spiro atoms. The zero-order chi connectivity index (χ0) is 10.1. The first-order valence-electron chi connectivity index (χ1n) is 4.00. The molecule has 13 heavy (non-hydrogen) atoms. The van der Waals surface area contributed by atoms with Crippen LogP contribution in [0.2, 0.25) is 0 Å². The first-order valence-corrected chi connectivity index (χ1v) is 4.00. The minimum absolute atomic E-state index is 0.00461. The molecular weight excluding hydrogens is 179 g/mol. The number of ether oxygens (including phenoxy) is 1. The molecule has 0 bridgehead atoms. The summed E-state index contributed by atoms with van der Waals surface area (Å²) in [6.45, 7) is 1.48. The van der Waals surface area contributed by atoms with Crippen molar-refractivity contribution in [2.75, 3.05) is 6.61 Å². The predicted molar refractivity (Wildman–Crippen MR) is 40.8 cm³/mol. The van der Waals surface area contributed by atoms with Crippen LogP contribution in [0.4, 0.5) is 4.39 Å². The Hall–Kier alpha value is -1.13. The van der Waals surface area contributed by atoms with Gasteiger partial charge in [0.2, 0.25) is 0 Å². The molecule has 0 saturated heterocycles. The van der Waals surface area contributed by atoms with E-state index in [9.17, 15) is 14.0 Å². The fourth-order valence-corrected chi connectivity index (χ4v) is 1.52. The zero-order valence-electron chi connectivity index (χ0n) is 7.25. The number of carboxylic acids is 1. The van der Waals surface area contributed by atoms with Gasteiger partial charge in [-0.25, -0.2) is 14.0 Å². The average molecular weight is 190 g/mol. The maximum atomic E-state index is 12.9. The monoisotopic (exact) mass is 190 g/mol. The van der Waals surface area contributed by atoms with E-state index in [0.29, 0.717) is 12.8 Å². The van der Waals surface area contributed by atoms with Crippen LogP contribution in [-0.4, -0.2) is 29.3 Å². The third-order valence-electron chi connectivity index (χ3n) is 2.05. The summed E-state index contributed by atoms with van der Waals surface area (Å²) in [7, 11) is 0. The summed E-state index contributed by atoms with van der Waals surface area (Å²) < 4.78 is 17.3. The van der Waals surface area contributed by atoms with Crippen LogP contribution in [0.1, 0.15) is 19.8 Å². The second kappa shape index (κ2) is 3.32. The number of alkyl halides is 1. The van der Waals surface area contributed by atoms with E-state index in [1.165, 1.54) is 6.92 Å². The Morgan fingerprint density at radius 1 is 1.62 bits per heavy atom.